The molecule has 0 amide bonds. The maximum Gasteiger partial charge on any atom is 0.134 e. The van der Waals surface area contributed by atoms with E-state index in [-0.39, 0.29) is 0 Å². The molecule has 2 unspecified atom stereocenters. The molecule has 3 aromatic heterocycles. The monoisotopic (exact) mass is 388 g/mol. The molecule has 0 radical (unpaired) electrons. The van der Waals surface area contributed by atoms with E-state index in [0.717, 1.165) is 28.0 Å². The number of nitrogens with zero attached hydrogens (tertiary/aromatic N) is 7. The Morgan fingerprint density at radius 3 is 2.72 bits per heavy atom. The third-order valence-electron chi connectivity index (χ3n) is 6.75. The molecule has 29 heavy (non-hydrogen) atoms. The van der Waals surface area contributed by atoms with Crippen molar-refractivity contribution in [3.8, 4) is 17.1 Å². The van der Waals surface area contributed by atoms with Crippen molar-refractivity contribution in [1.29, 1.82) is 0 Å². The lowest BCUT2D eigenvalue weighted by molar-refractivity contribution is 0.131. The summed E-state index contributed by atoms with van der Waals surface area (Å²) in [5.74, 6) is 0. The maximum atomic E-state index is 4.66. The van der Waals surface area contributed by atoms with Crippen molar-refractivity contribution in [3.05, 3.63) is 42.4 Å². The van der Waals surface area contributed by atoms with Crippen molar-refractivity contribution in [2.45, 2.75) is 50.7 Å². The maximum absolute atomic E-state index is 4.66. The highest BCUT2D eigenvalue weighted by molar-refractivity contribution is 5.92. The highest BCUT2D eigenvalue weighted by Crippen LogP contribution is 2.39. The molecule has 2 atom stereocenters. The topological polar surface area (TPSA) is 80.4 Å². The van der Waals surface area contributed by atoms with Crippen molar-refractivity contribution < 1.29 is 0 Å². The highest BCUT2D eigenvalue weighted by atomic mass is 15.4. The van der Waals surface area contributed by atoms with Crippen molar-refractivity contribution in [3.63, 3.8) is 0 Å². The minimum Gasteiger partial charge on any atom is -0.300 e. The minimum atomic E-state index is 0.471. The van der Waals surface area contributed by atoms with Crippen LogP contribution >= 0.6 is 0 Å². The zero-order valence-electron chi connectivity index (χ0n) is 16.7. The van der Waals surface area contributed by atoms with Crippen LogP contribution in [0, 0.1) is 6.92 Å². The third-order valence-corrected chi connectivity index (χ3v) is 6.75. The lowest BCUT2D eigenvalue weighted by Crippen LogP contribution is -2.40. The Morgan fingerprint density at radius 2 is 1.90 bits per heavy atom. The Labute approximate surface area is 168 Å². The lowest BCUT2D eigenvalue weighted by Gasteiger charge is -2.36. The summed E-state index contributed by atoms with van der Waals surface area (Å²) in [6.07, 6.45) is 10.9. The number of aryl methyl sites for hydroxylation is 1. The van der Waals surface area contributed by atoms with Crippen LogP contribution in [0.1, 0.15) is 37.3 Å². The van der Waals surface area contributed by atoms with Gasteiger partial charge in [-0.15, -0.1) is 5.10 Å². The molecule has 2 aliphatic heterocycles. The number of aromatic amines is 1. The van der Waals surface area contributed by atoms with Gasteiger partial charge in [0.15, 0.2) is 0 Å². The Balaban J connectivity index is 1.28. The highest BCUT2D eigenvalue weighted by Gasteiger charge is 2.39. The van der Waals surface area contributed by atoms with Gasteiger partial charge in [0.25, 0.3) is 0 Å². The standard InChI is InChI=1S/C21H24N8/c1-13-3-6-18-19(7-13)23-25-21(18)20-12-29(26-24-20)17-10-22-28(11-17)16-8-14-4-5-15(9-16)27(14)2/h3,6-7,10-12,14-16H,4-5,8-9H2,1-2H3,(H,23,25). The summed E-state index contributed by atoms with van der Waals surface area (Å²) in [6, 6.07) is 8.12. The second kappa shape index (κ2) is 6.25. The molecule has 0 saturated carbocycles. The summed E-state index contributed by atoms with van der Waals surface area (Å²) in [4.78, 5) is 2.56. The first kappa shape index (κ1) is 16.9. The predicted octanol–water partition coefficient (Wildman–Crippen LogP) is 3.11. The van der Waals surface area contributed by atoms with Crippen LogP contribution in [0.2, 0.25) is 0 Å². The number of hydrogen-bond acceptors (Lipinski definition) is 5. The molecule has 2 fully saturated rings. The molecule has 8 nitrogen and oxygen atoms in total. The summed E-state index contributed by atoms with van der Waals surface area (Å²) in [7, 11) is 2.27. The van der Waals surface area contributed by atoms with Crippen LogP contribution in [-0.4, -0.2) is 59.0 Å². The Morgan fingerprint density at radius 1 is 1.07 bits per heavy atom. The zero-order chi connectivity index (χ0) is 19.5. The number of fused-ring (bicyclic) bond motifs is 3. The molecule has 1 aromatic carbocycles. The van der Waals surface area contributed by atoms with Crippen LogP contribution in [0.25, 0.3) is 28.0 Å². The van der Waals surface area contributed by atoms with E-state index in [4.69, 9.17) is 0 Å². The molecular formula is C21H24N8. The average molecular weight is 388 g/mol. The van der Waals surface area contributed by atoms with E-state index in [2.05, 4.69) is 73.6 Å². The van der Waals surface area contributed by atoms with Gasteiger partial charge in [0.05, 0.1) is 30.1 Å². The number of aromatic nitrogens is 7. The van der Waals surface area contributed by atoms with E-state index in [1.165, 1.54) is 31.2 Å². The zero-order valence-corrected chi connectivity index (χ0v) is 16.7. The molecule has 5 heterocycles. The molecule has 2 saturated heterocycles. The van der Waals surface area contributed by atoms with Gasteiger partial charge < -0.3 is 4.90 Å². The van der Waals surface area contributed by atoms with Crippen molar-refractivity contribution in [2.24, 2.45) is 0 Å². The van der Waals surface area contributed by atoms with Gasteiger partial charge in [-0.1, -0.05) is 17.3 Å². The van der Waals surface area contributed by atoms with Gasteiger partial charge in [0, 0.05) is 17.5 Å². The van der Waals surface area contributed by atoms with Crippen LogP contribution in [0.5, 0.6) is 0 Å². The van der Waals surface area contributed by atoms with Gasteiger partial charge in [-0.3, -0.25) is 9.78 Å². The Bertz CT molecular complexity index is 1170. The first-order valence-electron chi connectivity index (χ1n) is 10.3. The number of benzene rings is 1. The molecule has 8 heteroatoms. The van der Waals surface area contributed by atoms with Crippen LogP contribution in [0.15, 0.2) is 36.8 Å². The molecule has 1 N–H and O–H groups in total. The predicted molar refractivity (Wildman–Crippen MR) is 110 cm³/mol. The van der Waals surface area contributed by atoms with Crippen LogP contribution in [0.4, 0.5) is 0 Å². The molecule has 2 aliphatic rings. The van der Waals surface area contributed by atoms with E-state index < -0.39 is 0 Å². The molecular weight excluding hydrogens is 364 g/mol. The van der Waals surface area contributed by atoms with E-state index >= 15 is 0 Å². The van der Waals surface area contributed by atoms with Gasteiger partial charge in [0.1, 0.15) is 17.1 Å². The molecule has 148 valence electrons. The molecule has 2 bridgehead atoms. The van der Waals surface area contributed by atoms with Gasteiger partial charge in [0.2, 0.25) is 0 Å². The number of nitrogens with one attached hydrogen (secondary N) is 1. The number of piperidine rings is 1. The summed E-state index contributed by atoms with van der Waals surface area (Å²) in [6.45, 7) is 2.07. The third kappa shape index (κ3) is 2.70. The van der Waals surface area contributed by atoms with Crippen molar-refractivity contribution in [1.82, 2.24) is 39.9 Å². The first-order chi connectivity index (χ1) is 14.2. The summed E-state index contributed by atoms with van der Waals surface area (Å²) < 4.78 is 3.92. The fourth-order valence-corrected chi connectivity index (χ4v) is 5.07. The van der Waals surface area contributed by atoms with E-state index in [1.54, 1.807) is 4.68 Å². The molecule has 4 aromatic rings. The number of rotatable bonds is 3. The van der Waals surface area contributed by atoms with E-state index in [9.17, 15) is 0 Å². The minimum absolute atomic E-state index is 0.471. The largest absolute Gasteiger partial charge is 0.300 e. The molecule has 6 rings (SSSR count). The van der Waals surface area contributed by atoms with Crippen LogP contribution in [-0.2, 0) is 0 Å². The summed E-state index contributed by atoms with van der Waals surface area (Å²) in [5, 5.41) is 22.0. The van der Waals surface area contributed by atoms with E-state index in [1.807, 2.05) is 12.4 Å². The van der Waals surface area contributed by atoms with Crippen LogP contribution in [0.3, 0.4) is 0 Å². The average Bonchev–Trinajstić information content (AvgIpc) is 3.47. The second-order valence-corrected chi connectivity index (χ2v) is 8.52. The molecule has 0 aliphatic carbocycles. The SMILES string of the molecule is Cc1ccc2c(-c3cn(-c4cnn(C5CC6CCC(C5)N6C)c4)nn3)n[nH]c2c1. The van der Waals surface area contributed by atoms with Gasteiger partial charge >= 0.3 is 0 Å². The Kier molecular flexibility index (Phi) is 3.64. The fraction of sp³-hybridized carbons (Fsp3) is 0.429. The number of H-pyrrole nitrogens is 1. The summed E-state index contributed by atoms with van der Waals surface area (Å²) in [5.41, 5.74) is 4.73. The van der Waals surface area contributed by atoms with Gasteiger partial charge in [-0.25, -0.2) is 4.68 Å². The lowest BCUT2D eigenvalue weighted by atomic mass is 9.98. The normalized spacial score (nSPS) is 24.6. The first-order valence-corrected chi connectivity index (χ1v) is 10.3. The summed E-state index contributed by atoms with van der Waals surface area (Å²) >= 11 is 0. The quantitative estimate of drug-likeness (QED) is 0.583. The van der Waals surface area contributed by atoms with Crippen molar-refractivity contribution in [2.75, 3.05) is 7.05 Å². The van der Waals surface area contributed by atoms with Crippen LogP contribution < -0.4 is 0 Å². The smallest absolute Gasteiger partial charge is 0.134 e. The fourth-order valence-electron chi connectivity index (χ4n) is 5.07. The van der Waals surface area contributed by atoms with Gasteiger partial charge in [-0.2, -0.15) is 10.2 Å². The van der Waals surface area contributed by atoms with E-state index in [0.29, 0.717) is 18.1 Å². The number of hydrogen-bond donors (Lipinski definition) is 1. The Hall–Kier alpha value is -3.00. The second-order valence-electron chi connectivity index (χ2n) is 8.52. The van der Waals surface area contributed by atoms with Crippen molar-refractivity contribution >= 4 is 10.9 Å². The molecule has 0 spiro atoms. The van der Waals surface area contributed by atoms with Gasteiger partial charge in [-0.05, 0) is 51.3 Å².